The van der Waals surface area contributed by atoms with Crippen molar-refractivity contribution in [3.8, 4) is 6.07 Å². The molecule has 0 radical (unpaired) electrons. The lowest BCUT2D eigenvalue weighted by atomic mass is 10.1. The van der Waals surface area contributed by atoms with Gasteiger partial charge in [0.2, 0.25) is 0 Å². The maximum absolute atomic E-state index is 13.3. The first-order valence-electron chi connectivity index (χ1n) is 6.50. The van der Waals surface area contributed by atoms with Crippen molar-refractivity contribution in [2.75, 3.05) is 0 Å². The molecule has 21 heavy (non-hydrogen) atoms. The molecule has 0 aliphatic heterocycles. The monoisotopic (exact) mass is 301 g/mol. The van der Waals surface area contributed by atoms with Crippen LogP contribution in [0.1, 0.15) is 11.5 Å². The largest absolute Gasteiger partial charge is 0.223 e. The zero-order chi connectivity index (χ0) is 15.0. The molecular weight excluding hydrogens is 289 g/mol. The van der Waals surface area contributed by atoms with Crippen molar-refractivity contribution in [2.24, 2.45) is 5.92 Å². The van der Waals surface area contributed by atoms with Crippen molar-refractivity contribution in [1.29, 1.82) is 5.26 Å². The van der Waals surface area contributed by atoms with Crippen LogP contribution in [0.2, 0.25) is 0 Å². The third-order valence-electron chi connectivity index (χ3n) is 3.77. The molecule has 1 aliphatic rings. The molecule has 0 heterocycles. The Morgan fingerprint density at radius 3 is 2.38 bits per heavy atom. The second-order valence-corrected chi connectivity index (χ2v) is 7.16. The molecule has 2 aromatic rings. The number of rotatable bonds is 3. The van der Waals surface area contributed by atoms with Gasteiger partial charge in [-0.1, -0.05) is 30.3 Å². The molecule has 1 saturated carbocycles. The van der Waals surface area contributed by atoms with Crippen LogP contribution in [0.25, 0.3) is 0 Å². The summed E-state index contributed by atoms with van der Waals surface area (Å²) in [6, 6.07) is 15.9. The Morgan fingerprint density at radius 1 is 1.05 bits per heavy atom. The van der Waals surface area contributed by atoms with Crippen molar-refractivity contribution in [1.82, 2.24) is 0 Å². The predicted molar refractivity (Wildman–Crippen MR) is 75.7 cm³/mol. The summed E-state index contributed by atoms with van der Waals surface area (Å²) >= 11 is 0. The number of sulfone groups is 1. The molecule has 1 fully saturated rings. The highest BCUT2D eigenvalue weighted by atomic mass is 32.2. The van der Waals surface area contributed by atoms with Crippen molar-refractivity contribution < 1.29 is 12.8 Å². The van der Waals surface area contributed by atoms with Crippen LogP contribution in [0.15, 0.2) is 59.5 Å². The van der Waals surface area contributed by atoms with Gasteiger partial charge in [0.15, 0.2) is 9.84 Å². The molecule has 3 atom stereocenters. The van der Waals surface area contributed by atoms with E-state index < -0.39 is 32.7 Å². The fourth-order valence-electron chi connectivity index (χ4n) is 2.70. The molecule has 2 aromatic carbocycles. The zero-order valence-electron chi connectivity index (χ0n) is 11.0. The average molecular weight is 301 g/mol. The first kappa shape index (κ1) is 13.8. The summed E-state index contributed by atoms with van der Waals surface area (Å²) in [5.41, 5.74) is 0.561. The van der Waals surface area contributed by atoms with Crippen LogP contribution in [0, 0.1) is 23.1 Å². The summed E-state index contributed by atoms with van der Waals surface area (Å²) in [6.45, 7) is 0. The molecule has 106 valence electrons. The van der Waals surface area contributed by atoms with E-state index in [9.17, 15) is 18.1 Å². The van der Waals surface area contributed by atoms with Gasteiger partial charge in [0.05, 0.1) is 22.1 Å². The van der Waals surface area contributed by atoms with Crippen LogP contribution in [-0.4, -0.2) is 13.7 Å². The lowest BCUT2D eigenvalue weighted by Crippen LogP contribution is -2.10. The third kappa shape index (κ3) is 2.32. The van der Waals surface area contributed by atoms with E-state index >= 15 is 0 Å². The Morgan fingerprint density at radius 2 is 1.76 bits per heavy atom. The molecular formula is C16H12FNO2S. The van der Waals surface area contributed by atoms with Crippen LogP contribution in [0.4, 0.5) is 4.39 Å². The molecule has 0 saturated heterocycles. The maximum atomic E-state index is 13.3. The lowest BCUT2D eigenvalue weighted by molar-refractivity contribution is 0.593. The minimum Gasteiger partial charge on any atom is -0.223 e. The van der Waals surface area contributed by atoms with E-state index in [1.807, 2.05) is 6.07 Å². The molecule has 0 N–H and O–H groups in total. The van der Waals surface area contributed by atoms with Gasteiger partial charge in [0.1, 0.15) is 5.82 Å². The van der Waals surface area contributed by atoms with Crippen LogP contribution in [0.5, 0.6) is 0 Å². The number of hydrogen-bond donors (Lipinski definition) is 0. The molecule has 0 spiro atoms. The molecule has 3 rings (SSSR count). The fraction of sp³-hybridized carbons (Fsp3) is 0.188. The molecule has 5 heteroatoms. The normalized spacial score (nSPS) is 24.3. The number of halogens is 1. The van der Waals surface area contributed by atoms with Gasteiger partial charge in [0.25, 0.3) is 0 Å². The van der Waals surface area contributed by atoms with Gasteiger partial charge >= 0.3 is 0 Å². The Bertz CT molecular complexity index is 812. The molecule has 0 bridgehead atoms. The first-order chi connectivity index (χ1) is 10.1. The zero-order valence-corrected chi connectivity index (χ0v) is 11.8. The summed E-state index contributed by atoms with van der Waals surface area (Å²) in [4.78, 5) is 0.203. The van der Waals surface area contributed by atoms with Crippen LogP contribution < -0.4 is 0 Å². The second kappa shape index (κ2) is 4.97. The van der Waals surface area contributed by atoms with Gasteiger partial charge in [-0.15, -0.1) is 0 Å². The Hall–Kier alpha value is -2.19. The van der Waals surface area contributed by atoms with E-state index in [-0.39, 0.29) is 4.90 Å². The van der Waals surface area contributed by atoms with Crippen molar-refractivity contribution in [3.63, 3.8) is 0 Å². The Balaban J connectivity index is 1.99. The highest BCUT2D eigenvalue weighted by molar-refractivity contribution is 7.92. The summed E-state index contributed by atoms with van der Waals surface area (Å²) < 4.78 is 38.5. The van der Waals surface area contributed by atoms with Gasteiger partial charge < -0.3 is 0 Å². The molecule has 1 aliphatic carbocycles. The summed E-state index contributed by atoms with van der Waals surface area (Å²) in [5.74, 6) is -1.51. The number of benzene rings is 2. The summed E-state index contributed by atoms with van der Waals surface area (Å²) in [5, 5.41) is 8.38. The highest BCUT2D eigenvalue weighted by Gasteiger charge is 2.59. The van der Waals surface area contributed by atoms with E-state index in [1.165, 1.54) is 30.3 Å². The molecule has 0 amide bonds. The minimum atomic E-state index is -3.58. The predicted octanol–water partition coefficient (Wildman–Crippen LogP) is 2.91. The van der Waals surface area contributed by atoms with E-state index in [2.05, 4.69) is 0 Å². The number of nitrogens with zero attached hydrogens (tertiary/aromatic N) is 1. The van der Waals surface area contributed by atoms with Crippen LogP contribution >= 0.6 is 0 Å². The third-order valence-corrected chi connectivity index (χ3v) is 6.00. The average Bonchev–Trinajstić information content (AvgIpc) is 3.23. The van der Waals surface area contributed by atoms with Gasteiger partial charge in [-0.3, -0.25) is 0 Å². The van der Waals surface area contributed by atoms with E-state index in [1.54, 1.807) is 24.3 Å². The number of nitriles is 1. The first-order valence-corrected chi connectivity index (χ1v) is 8.04. The molecule has 3 unspecified atom stereocenters. The van der Waals surface area contributed by atoms with Crippen molar-refractivity contribution in [3.05, 3.63) is 66.0 Å². The summed E-state index contributed by atoms with van der Waals surface area (Å²) in [7, 11) is -3.58. The van der Waals surface area contributed by atoms with E-state index in [0.29, 0.717) is 5.56 Å². The lowest BCUT2D eigenvalue weighted by Gasteiger charge is -2.03. The highest BCUT2D eigenvalue weighted by Crippen LogP contribution is 2.53. The van der Waals surface area contributed by atoms with Crippen molar-refractivity contribution in [2.45, 2.75) is 16.1 Å². The van der Waals surface area contributed by atoms with Gasteiger partial charge in [0, 0.05) is 5.92 Å². The van der Waals surface area contributed by atoms with Crippen LogP contribution in [0.3, 0.4) is 0 Å². The van der Waals surface area contributed by atoms with E-state index in [0.717, 1.165) is 0 Å². The molecule has 0 aromatic heterocycles. The van der Waals surface area contributed by atoms with Gasteiger partial charge in [-0.25, -0.2) is 12.8 Å². The quantitative estimate of drug-likeness (QED) is 0.876. The van der Waals surface area contributed by atoms with Crippen LogP contribution in [-0.2, 0) is 9.84 Å². The maximum Gasteiger partial charge on any atom is 0.183 e. The standard InChI is InChI=1S/C16H12FNO2S/c17-12-6-4-5-11(9-12)15-14(10-18)16(15)21(19,20)13-7-2-1-3-8-13/h1-9,14-16H. The molecule has 3 nitrogen and oxygen atoms in total. The number of hydrogen-bond acceptors (Lipinski definition) is 3. The summed E-state index contributed by atoms with van der Waals surface area (Å²) in [6.07, 6.45) is 0. The minimum absolute atomic E-state index is 0.203. The van der Waals surface area contributed by atoms with Crippen molar-refractivity contribution >= 4 is 9.84 Å². The topological polar surface area (TPSA) is 57.9 Å². The Labute approximate surface area is 122 Å². The Kier molecular flexibility index (Phi) is 3.26. The second-order valence-electron chi connectivity index (χ2n) is 5.06. The SMILES string of the molecule is N#CC1C(c2cccc(F)c2)C1S(=O)(=O)c1ccccc1. The van der Waals surface area contributed by atoms with E-state index in [4.69, 9.17) is 0 Å². The van der Waals surface area contributed by atoms with Gasteiger partial charge in [-0.2, -0.15) is 5.26 Å². The smallest absolute Gasteiger partial charge is 0.183 e. The van der Waals surface area contributed by atoms with Gasteiger partial charge in [-0.05, 0) is 29.8 Å². The fourth-order valence-corrected chi connectivity index (χ4v) is 4.79.